The molecule has 176 valence electrons. The van der Waals surface area contributed by atoms with Gasteiger partial charge in [-0.2, -0.15) is 0 Å². The van der Waals surface area contributed by atoms with Gasteiger partial charge in [0.05, 0.1) is 13.2 Å². The molecule has 0 saturated carbocycles. The molecule has 2 aliphatic rings. The van der Waals surface area contributed by atoms with E-state index in [1.165, 1.54) is 0 Å². The Bertz CT molecular complexity index is 1090. The lowest BCUT2D eigenvalue weighted by Gasteiger charge is -2.37. The summed E-state index contributed by atoms with van der Waals surface area (Å²) < 4.78 is 5.49. The molecule has 0 unspecified atom stereocenters. The third kappa shape index (κ3) is 3.89. The number of carbonyl (C=O) groups excluding carboxylic acids is 2. The molecule has 0 bridgehead atoms. The van der Waals surface area contributed by atoms with Crippen LogP contribution in [0.15, 0.2) is 42.5 Å². The minimum atomic E-state index is -0.976. The molecule has 0 aliphatic carbocycles. The molecule has 2 aliphatic heterocycles. The van der Waals surface area contributed by atoms with E-state index in [2.05, 4.69) is 31.4 Å². The standard InChI is InChI=1S/C26H32ClN3O3/c1-25(2,3)14-20-26(18-11-10-16(27)13-19(18)28-24(26)32)21(22(29-20)23(31)30(4)5)15-8-7-9-17(12-15)33-6/h7-13,20-22,29H,14H2,1-6H3,(H,28,32)/t20-,21+,22-,26+/m1/s1. The second-order valence-electron chi connectivity index (χ2n) is 10.5. The molecule has 0 radical (unpaired) electrons. The minimum Gasteiger partial charge on any atom is -0.497 e. The zero-order valence-electron chi connectivity index (χ0n) is 20.0. The van der Waals surface area contributed by atoms with E-state index in [0.717, 1.165) is 11.1 Å². The van der Waals surface area contributed by atoms with Crippen molar-refractivity contribution in [1.29, 1.82) is 0 Å². The van der Waals surface area contributed by atoms with Gasteiger partial charge in [-0.05, 0) is 47.2 Å². The van der Waals surface area contributed by atoms with Crippen LogP contribution >= 0.6 is 11.6 Å². The third-order valence-electron chi connectivity index (χ3n) is 6.78. The van der Waals surface area contributed by atoms with Gasteiger partial charge in [0.2, 0.25) is 11.8 Å². The van der Waals surface area contributed by atoms with Crippen LogP contribution in [0.4, 0.5) is 5.69 Å². The molecule has 4 atom stereocenters. The Morgan fingerprint density at radius 2 is 1.91 bits per heavy atom. The summed E-state index contributed by atoms with van der Waals surface area (Å²) in [4.78, 5) is 29.1. The number of amides is 2. The summed E-state index contributed by atoms with van der Waals surface area (Å²) in [6, 6.07) is 12.4. The highest BCUT2D eigenvalue weighted by atomic mass is 35.5. The normalized spacial score (nSPS) is 26.3. The van der Waals surface area contributed by atoms with Crippen LogP contribution in [0, 0.1) is 5.41 Å². The molecule has 1 saturated heterocycles. The van der Waals surface area contributed by atoms with Crippen LogP contribution in [0.3, 0.4) is 0 Å². The first-order chi connectivity index (χ1) is 15.5. The smallest absolute Gasteiger partial charge is 0.239 e. The van der Waals surface area contributed by atoms with E-state index >= 15 is 0 Å². The number of likely N-dealkylation sites (N-methyl/N-ethyl adjacent to an activating group) is 1. The van der Waals surface area contributed by atoms with Gasteiger partial charge in [0.1, 0.15) is 11.2 Å². The van der Waals surface area contributed by atoms with E-state index in [4.69, 9.17) is 16.3 Å². The van der Waals surface area contributed by atoms with E-state index in [1.54, 1.807) is 32.2 Å². The Labute approximate surface area is 200 Å². The summed E-state index contributed by atoms with van der Waals surface area (Å²) in [6.07, 6.45) is 0.708. The number of benzene rings is 2. The van der Waals surface area contributed by atoms with Gasteiger partial charge >= 0.3 is 0 Å². The fraction of sp³-hybridized carbons (Fsp3) is 0.462. The molecular weight excluding hydrogens is 438 g/mol. The number of carbonyl (C=O) groups is 2. The van der Waals surface area contributed by atoms with Crippen molar-refractivity contribution in [2.75, 3.05) is 26.5 Å². The maximum absolute atomic E-state index is 14.0. The number of fused-ring (bicyclic) bond motifs is 2. The third-order valence-corrected chi connectivity index (χ3v) is 7.02. The lowest BCUT2D eigenvalue weighted by atomic mass is 9.62. The fourth-order valence-corrected chi connectivity index (χ4v) is 5.69. The van der Waals surface area contributed by atoms with Crippen molar-refractivity contribution in [1.82, 2.24) is 10.2 Å². The fourth-order valence-electron chi connectivity index (χ4n) is 5.52. The summed E-state index contributed by atoms with van der Waals surface area (Å²) in [7, 11) is 5.11. The molecule has 2 N–H and O–H groups in total. The summed E-state index contributed by atoms with van der Waals surface area (Å²) >= 11 is 6.28. The van der Waals surface area contributed by atoms with Gasteiger partial charge in [-0.15, -0.1) is 0 Å². The van der Waals surface area contributed by atoms with Gasteiger partial charge in [0, 0.05) is 36.8 Å². The van der Waals surface area contributed by atoms with Crippen LogP contribution < -0.4 is 15.4 Å². The van der Waals surface area contributed by atoms with Gasteiger partial charge in [-0.1, -0.05) is 50.6 Å². The molecule has 7 heteroatoms. The van der Waals surface area contributed by atoms with Gasteiger partial charge in [0.25, 0.3) is 0 Å². The van der Waals surface area contributed by atoms with Crippen molar-refractivity contribution < 1.29 is 14.3 Å². The van der Waals surface area contributed by atoms with Crippen molar-refractivity contribution >= 4 is 29.1 Å². The highest BCUT2D eigenvalue weighted by Crippen LogP contribution is 2.56. The first-order valence-electron chi connectivity index (χ1n) is 11.2. The Hall–Kier alpha value is -2.57. The van der Waals surface area contributed by atoms with Crippen molar-refractivity contribution in [3.8, 4) is 5.75 Å². The van der Waals surface area contributed by atoms with Gasteiger partial charge < -0.3 is 20.3 Å². The predicted molar refractivity (Wildman–Crippen MR) is 131 cm³/mol. The zero-order valence-corrected chi connectivity index (χ0v) is 20.8. The maximum atomic E-state index is 14.0. The molecule has 33 heavy (non-hydrogen) atoms. The highest BCUT2D eigenvalue weighted by molar-refractivity contribution is 6.31. The van der Waals surface area contributed by atoms with Crippen LogP contribution in [0.1, 0.15) is 44.2 Å². The van der Waals surface area contributed by atoms with E-state index in [0.29, 0.717) is 22.9 Å². The highest BCUT2D eigenvalue weighted by Gasteiger charge is 2.65. The number of halogens is 1. The molecule has 4 rings (SSSR count). The number of anilines is 1. The topological polar surface area (TPSA) is 70.7 Å². The SMILES string of the molecule is COc1cccc([C@H]2[C@H](C(=O)N(C)C)N[C@H](CC(C)(C)C)[C@]23C(=O)Nc2cc(Cl)ccc23)c1. The van der Waals surface area contributed by atoms with Crippen LogP contribution in [0.5, 0.6) is 5.75 Å². The molecule has 1 spiro atoms. The second kappa shape index (κ2) is 8.33. The number of nitrogens with zero attached hydrogens (tertiary/aromatic N) is 1. The van der Waals surface area contributed by atoms with Crippen LogP contribution in [-0.2, 0) is 15.0 Å². The summed E-state index contributed by atoms with van der Waals surface area (Å²) in [5.41, 5.74) is 1.42. The quantitative estimate of drug-likeness (QED) is 0.704. The number of methoxy groups -OCH3 is 1. The second-order valence-corrected chi connectivity index (χ2v) is 10.9. The number of nitrogens with one attached hydrogen (secondary N) is 2. The van der Waals surface area contributed by atoms with Crippen molar-refractivity contribution in [3.63, 3.8) is 0 Å². The molecule has 6 nitrogen and oxygen atoms in total. The first kappa shape index (κ1) is 23.6. The average Bonchev–Trinajstić information content (AvgIpc) is 3.21. The van der Waals surface area contributed by atoms with Crippen LogP contribution in [-0.4, -0.2) is 50.0 Å². The van der Waals surface area contributed by atoms with Gasteiger partial charge in [-0.25, -0.2) is 0 Å². The van der Waals surface area contributed by atoms with E-state index < -0.39 is 17.4 Å². The number of hydrogen-bond donors (Lipinski definition) is 2. The molecule has 2 amide bonds. The zero-order chi connectivity index (χ0) is 24.1. The van der Waals surface area contributed by atoms with Gasteiger partial charge in [0.15, 0.2) is 0 Å². The van der Waals surface area contributed by atoms with Crippen LogP contribution in [0.2, 0.25) is 5.02 Å². The Morgan fingerprint density at radius 1 is 1.18 bits per heavy atom. The minimum absolute atomic E-state index is 0.0613. The molecule has 2 aromatic rings. The number of ether oxygens (including phenoxy) is 1. The van der Waals surface area contributed by atoms with E-state index in [9.17, 15) is 9.59 Å². The Balaban J connectivity index is 2.01. The lowest BCUT2D eigenvalue weighted by Crippen LogP contribution is -2.49. The monoisotopic (exact) mass is 469 g/mol. The van der Waals surface area contributed by atoms with E-state index in [-0.39, 0.29) is 23.3 Å². The van der Waals surface area contributed by atoms with Crippen molar-refractivity contribution in [2.24, 2.45) is 5.41 Å². The van der Waals surface area contributed by atoms with E-state index in [1.807, 2.05) is 36.4 Å². The number of rotatable bonds is 4. The maximum Gasteiger partial charge on any atom is 0.239 e. The Morgan fingerprint density at radius 3 is 2.55 bits per heavy atom. The molecule has 2 heterocycles. The molecule has 1 fully saturated rings. The largest absolute Gasteiger partial charge is 0.497 e. The predicted octanol–water partition coefficient (Wildman–Crippen LogP) is 4.19. The first-order valence-corrected chi connectivity index (χ1v) is 11.6. The summed E-state index contributed by atoms with van der Waals surface area (Å²) in [5.74, 6) is 0.0854. The van der Waals surface area contributed by atoms with Crippen molar-refractivity contribution in [2.45, 2.75) is 50.6 Å². The molecular formula is C26H32ClN3O3. The number of hydrogen-bond acceptors (Lipinski definition) is 4. The average molecular weight is 470 g/mol. The molecule has 0 aromatic heterocycles. The van der Waals surface area contributed by atoms with Crippen molar-refractivity contribution in [3.05, 3.63) is 58.6 Å². The lowest BCUT2D eigenvalue weighted by molar-refractivity contribution is -0.131. The summed E-state index contributed by atoms with van der Waals surface area (Å²) in [5, 5.41) is 7.25. The van der Waals surface area contributed by atoms with Crippen LogP contribution in [0.25, 0.3) is 0 Å². The molecule has 2 aromatic carbocycles. The Kier molecular flexibility index (Phi) is 5.95. The van der Waals surface area contributed by atoms with Gasteiger partial charge in [-0.3, -0.25) is 9.59 Å². The summed E-state index contributed by atoms with van der Waals surface area (Å²) in [6.45, 7) is 6.46.